The molecule has 108 valence electrons. The molecule has 4 nitrogen and oxygen atoms in total. The minimum absolute atomic E-state index is 0.00956. The molecule has 0 atom stereocenters. The van der Waals surface area contributed by atoms with Crippen molar-refractivity contribution in [1.82, 2.24) is 0 Å². The number of rotatable bonds is 5. The molecule has 2 aromatic rings. The Morgan fingerprint density at radius 3 is 2.38 bits per heavy atom. The second-order valence-corrected chi connectivity index (χ2v) is 5.26. The molecule has 21 heavy (non-hydrogen) atoms. The molecule has 0 aliphatic rings. The van der Waals surface area contributed by atoms with Gasteiger partial charge in [0, 0.05) is 10.6 Å². The lowest BCUT2D eigenvalue weighted by Crippen LogP contribution is -2.13. The summed E-state index contributed by atoms with van der Waals surface area (Å²) in [5.74, 6) is -1.27. The smallest absolute Gasteiger partial charge is 0.258 e. The number of halogens is 1. The van der Waals surface area contributed by atoms with Gasteiger partial charge >= 0.3 is 0 Å². The highest BCUT2D eigenvalue weighted by molar-refractivity contribution is 8.00. The molecule has 0 aliphatic heterocycles. The van der Waals surface area contributed by atoms with Crippen molar-refractivity contribution in [2.75, 3.05) is 11.1 Å². The average molecular weight is 304 g/mol. The molecular weight excluding hydrogens is 291 g/mol. The van der Waals surface area contributed by atoms with Crippen molar-refractivity contribution in [3.8, 4) is 0 Å². The van der Waals surface area contributed by atoms with Crippen LogP contribution in [-0.4, -0.2) is 17.6 Å². The van der Waals surface area contributed by atoms with Crippen LogP contribution in [0.2, 0.25) is 0 Å². The van der Waals surface area contributed by atoms with Gasteiger partial charge in [-0.15, -0.1) is 11.8 Å². The Morgan fingerprint density at radius 1 is 1.10 bits per heavy atom. The van der Waals surface area contributed by atoms with Crippen LogP contribution in [-0.2, 0) is 4.79 Å². The van der Waals surface area contributed by atoms with Crippen LogP contribution in [0, 0.1) is 5.82 Å². The van der Waals surface area contributed by atoms with E-state index in [0.717, 1.165) is 4.90 Å². The first-order valence-corrected chi connectivity index (χ1v) is 7.12. The van der Waals surface area contributed by atoms with Crippen molar-refractivity contribution in [2.45, 2.75) is 4.90 Å². The Morgan fingerprint density at radius 2 is 1.76 bits per heavy atom. The number of nitrogens with one attached hydrogen (secondary N) is 1. The minimum Gasteiger partial charge on any atom is -0.369 e. The molecule has 0 radical (unpaired) electrons. The van der Waals surface area contributed by atoms with Gasteiger partial charge in [-0.05, 0) is 36.4 Å². The van der Waals surface area contributed by atoms with Crippen LogP contribution < -0.4 is 11.1 Å². The third-order valence-electron chi connectivity index (χ3n) is 2.61. The number of benzene rings is 2. The largest absolute Gasteiger partial charge is 0.369 e. The SMILES string of the molecule is NC(=O)CSc1ccc(NC(=O)c2ccccc2F)cc1. The number of thioether (sulfide) groups is 1. The number of carbonyl (C=O) groups excluding carboxylic acids is 2. The maximum atomic E-state index is 13.5. The topological polar surface area (TPSA) is 72.2 Å². The van der Waals surface area contributed by atoms with Crippen LogP contribution in [0.4, 0.5) is 10.1 Å². The molecule has 0 saturated carbocycles. The van der Waals surface area contributed by atoms with Crippen molar-refractivity contribution in [3.63, 3.8) is 0 Å². The van der Waals surface area contributed by atoms with Gasteiger partial charge in [-0.25, -0.2) is 4.39 Å². The molecule has 0 spiro atoms. The zero-order chi connectivity index (χ0) is 15.2. The summed E-state index contributed by atoms with van der Waals surface area (Å²) < 4.78 is 13.5. The minimum atomic E-state index is -0.566. The van der Waals surface area contributed by atoms with Gasteiger partial charge in [0.05, 0.1) is 11.3 Å². The van der Waals surface area contributed by atoms with Gasteiger partial charge in [-0.2, -0.15) is 0 Å². The molecule has 3 N–H and O–H groups in total. The van der Waals surface area contributed by atoms with Crippen LogP contribution in [0.25, 0.3) is 0 Å². The summed E-state index contributed by atoms with van der Waals surface area (Å²) in [6, 6.07) is 12.7. The summed E-state index contributed by atoms with van der Waals surface area (Å²) in [5.41, 5.74) is 5.60. The summed E-state index contributed by atoms with van der Waals surface area (Å²) in [6.07, 6.45) is 0. The Hall–Kier alpha value is -2.34. The number of primary amides is 1. The maximum Gasteiger partial charge on any atom is 0.258 e. The molecule has 0 bridgehead atoms. The van der Waals surface area contributed by atoms with Gasteiger partial charge in [-0.1, -0.05) is 12.1 Å². The van der Waals surface area contributed by atoms with E-state index in [2.05, 4.69) is 5.32 Å². The van der Waals surface area contributed by atoms with Gasteiger partial charge in [0.2, 0.25) is 5.91 Å². The van der Waals surface area contributed by atoms with E-state index >= 15 is 0 Å². The van der Waals surface area contributed by atoms with E-state index in [1.807, 2.05) is 0 Å². The van der Waals surface area contributed by atoms with Crippen molar-refractivity contribution < 1.29 is 14.0 Å². The van der Waals surface area contributed by atoms with Gasteiger partial charge in [0.15, 0.2) is 0 Å². The molecular formula is C15H13FN2O2S. The number of anilines is 1. The zero-order valence-electron chi connectivity index (χ0n) is 11.0. The summed E-state index contributed by atoms with van der Waals surface area (Å²) in [4.78, 5) is 23.5. The zero-order valence-corrected chi connectivity index (χ0v) is 11.8. The molecule has 6 heteroatoms. The highest BCUT2D eigenvalue weighted by Crippen LogP contribution is 2.20. The Balaban J connectivity index is 2.02. The maximum absolute atomic E-state index is 13.5. The second kappa shape index (κ2) is 6.90. The monoisotopic (exact) mass is 304 g/mol. The fourth-order valence-corrected chi connectivity index (χ4v) is 2.27. The summed E-state index contributed by atoms with van der Waals surface area (Å²) in [7, 11) is 0. The van der Waals surface area contributed by atoms with Crippen LogP contribution >= 0.6 is 11.8 Å². The molecule has 2 aromatic carbocycles. The molecule has 2 amide bonds. The quantitative estimate of drug-likeness (QED) is 0.834. The molecule has 0 aliphatic carbocycles. The first-order chi connectivity index (χ1) is 10.1. The number of carbonyl (C=O) groups is 2. The van der Waals surface area contributed by atoms with Crippen molar-refractivity contribution in [1.29, 1.82) is 0 Å². The van der Waals surface area contributed by atoms with E-state index in [0.29, 0.717) is 5.69 Å². The lowest BCUT2D eigenvalue weighted by atomic mass is 10.2. The lowest BCUT2D eigenvalue weighted by molar-refractivity contribution is -0.115. The van der Waals surface area contributed by atoms with Gasteiger partial charge < -0.3 is 11.1 Å². The third kappa shape index (κ3) is 4.32. The van der Waals surface area contributed by atoms with E-state index in [4.69, 9.17) is 5.73 Å². The van der Waals surface area contributed by atoms with E-state index in [9.17, 15) is 14.0 Å². The predicted octanol–water partition coefficient (Wildman–Crippen LogP) is 2.66. The number of hydrogen-bond acceptors (Lipinski definition) is 3. The van der Waals surface area contributed by atoms with Gasteiger partial charge in [-0.3, -0.25) is 9.59 Å². The predicted molar refractivity (Wildman–Crippen MR) is 80.7 cm³/mol. The van der Waals surface area contributed by atoms with Crippen molar-refractivity contribution in [2.24, 2.45) is 5.73 Å². The van der Waals surface area contributed by atoms with Crippen molar-refractivity contribution >= 4 is 29.3 Å². The molecule has 0 heterocycles. The fourth-order valence-electron chi connectivity index (χ4n) is 1.63. The van der Waals surface area contributed by atoms with Crippen LogP contribution in [0.15, 0.2) is 53.4 Å². The Kier molecular flexibility index (Phi) is 4.94. The standard InChI is InChI=1S/C15H13FN2O2S/c16-13-4-2-1-3-12(13)15(20)18-10-5-7-11(8-6-10)21-9-14(17)19/h1-8H,9H2,(H2,17,19)(H,18,20). The summed E-state index contributed by atoms with van der Waals surface area (Å²) in [5, 5.41) is 2.61. The number of amides is 2. The Bertz CT molecular complexity index is 659. The van der Waals surface area contributed by atoms with E-state index < -0.39 is 17.6 Å². The molecule has 0 fully saturated rings. The van der Waals surface area contributed by atoms with Crippen LogP contribution in [0.1, 0.15) is 10.4 Å². The highest BCUT2D eigenvalue weighted by Gasteiger charge is 2.10. The Labute approximate surface area is 125 Å². The molecule has 2 rings (SSSR count). The average Bonchev–Trinajstić information content (AvgIpc) is 2.47. The first-order valence-electron chi connectivity index (χ1n) is 6.13. The number of nitrogens with two attached hydrogens (primary N) is 1. The highest BCUT2D eigenvalue weighted by atomic mass is 32.2. The molecule has 0 aromatic heterocycles. The second-order valence-electron chi connectivity index (χ2n) is 4.21. The fraction of sp³-hybridized carbons (Fsp3) is 0.0667. The van der Waals surface area contributed by atoms with Crippen LogP contribution in [0.5, 0.6) is 0 Å². The lowest BCUT2D eigenvalue weighted by Gasteiger charge is -2.07. The van der Waals surface area contributed by atoms with Crippen molar-refractivity contribution in [3.05, 3.63) is 59.9 Å². The summed E-state index contributed by atoms with van der Waals surface area (Å²) in [6.45, 7) is 0. The van der Waals surface area contributed by atoms with E-state index in [1.54, 1.807) is 30.3 Å². The van der Waals surface area contributed by atoms with E-state index in [-0.39, 0.29) is 11.3 Å². The third-order valence-corrected chi connectivity index (χ3v) is 3.65. The molecule has 0 unspecified atom stereocenters. The van der Waals surface area contributed by atoms with Gasteiger partial charge in [0.1, 0.15) is 5.82 Å². The van der Waals surface area contributed by atoms with E-state index in [1.165, 1.54) is 30.0 Å². The first kappa shape index (κ1) is 15.1. The van der Waals surface area contributed by atoms with Crippen LogP contribution in [0.3, 0.4) is 0 Å². The summed E-state index contributed by atoms with van der Waals surface area (Å²) >= 11 is 1.31. The number of hydrogen-bond donors (Lipinski definition) is 2. The normalized spacial score (nSPS) is 10.1. The molecule has 0 saturated heterocycles. The van der Waals surface area contributed by atoms with Gasteiger partial charge in [0.25, 0.3) is 5.91 Å².